The second-order valence-electron chi connectivity index (χ2n) is 6.10. The first kappa shape index (κ1) is 20.8. The molecule has 0 amide bonds. The predicted molar refractivity (Wildman–Crippen MR) is 86.1 cm³/mol. The zero-order valence-corrected chi connectivity index (χ0v) is 15.3. The molecule has 24 heavy (non-hydrogen) atoms. The third-order valence-electron chi connectivity index (χ3n) is 4.44. The van der Waals surface area contributed by atoms with Gasteiger partial charge in [-0.05, 0) is 45.5 Å². The molecule has 4 nitrogen and oxygen atoms in total. The number of aliphatic hydroxyl groups is 1. The fourth-order valence-corrected chi connectivity index (χ4v) is 3.47. The van der Waals surface area contributed by atoms with Gasteiger partial charge >= 0.3 is 12.1 Å². The summed E-state index contributed by atoms with van der Waals surface area (Å²) in [4.78, 5) is 11.3. The van der Waals surface area contributed by atoms with E-state index >= 15 is 0 Å². The number of ether oxygens (including phenoxy) is 1. The van der Waals surface area contributed by atoms with Gasteiger partial charge in [-0.1, -0.05) is 26.8 Å². The monoisotopic (exact) mass is 412 g/mol. The first-order valence-corrected chi connectivity index (χ1v) is 7.99. The summed E-state index contributed by atoms with van der Waals surface area (Å²) in [5, 5.41) is 19.2. The van der Waals surface area contributed by atoms with Gasteiger partial charge in [0.15, 0.2) is 0 Å². The Morgan fingerprint density at radius 2 is 1.88 bits per heavy atom. The highest BCUT2D eigenvalue weighted by atomic mass is 79.9. The Morgan fingerprint density at radius 1 is 1.33 bits per heavy atom. The lowest BCUT2D eigenvalue weighted by atomic mass is 9.64. The molecule has 0 fully saturated rings. The van der Waals surface area contributed by atoms with Crippen LogP contribution in [0.15, 0.2) is 22.7 Å². The number of carboxylic acids is 1. The molecular weight excluding hydrogens is 393 g/mol. The Morgan fingerprint density at radius 3 is 2.25 bits per heavy atom. The molecule has 0 heterocycles. The van der Waals surface area contributed by atoms with Gasteiger partial charge in [-0.2, -0.15) is 13.2 Å². The van der Waals surface area contributed by atoms with Crippen LogP contribution in [0.5, 0.6) is 5.75 Å². The maximum atomic E-state index is 13.4. The minimum atomic E-state index is -5.31. The number of methoxy groups -OCH3 is 1. The van der Waals surface area contributed by atoms with Crippen LogP contribution in [0, 0.1) is 5.92 Å². The molecule has 2 atom stereocenters. The van der Waals surface area contributed by atoms with Crippen molar-refractivity contribution in [3.05, 3.63) is 28.2 Å². The lowest BCUT2D eigenvalue weighted by Gasteiger charge is -2.43. The maximum absolute atomic E-state index is 13.4. The van der Waals surface area contributed by atoms with Crippen molar-refractivity contribution in [3.8, 4) is 5.75 Å². The summed E-state index contributed by atoms with van der Waals surface area (Å²) in [6.45, 7) is 4.37. The number of alkyl halides is 3. The zero-order valence-electron chi connectivity index (χ0n) is 13.7. The Bertz CT molecular complexity index is 616. The van der Waals surface area contributed by atoms with E-state index in [0.29, 0.717) is 15.8 Å². The molecule has 8 heteroatoms. The molecule has 136 valence electrons. The van der Waals surface area contributed by atoms with E-state index in [0.717, 1.165) is 0 Å². The van der Waals surface area contributed by atoms with E-state index < -0.39 is 29.1 Å². The molecule has 0 bridgehead atoms. The molecule has 0 spiro atoms. The second-order valence-corrected chi connectivity index (χ2v) is 6.96. The van der Waals surface area contributed by atoms with Gasteiger partial charge < -0.3 is 14.9 Å². The van der Waals surface area contributed by atoms with Gasteiger partial charge in [-0.15, -0.1) is 0 Å². The molecule has 1 aromatic carbocycles. The SMILES string of the molecule is CCC(C(C)(C)c1ccc(Br)c(OC)c1)C(O)(C(=O)O)C(F)(F)F. The van der Waals surface area contributed by atoms with Crippen LogP contribution in [0.4, 0.5) is 13.2 Å². The topological polar surface area (TPSA) is 66.8 Å². The molecule has 0 saturated heterocycles. The summed E-state index contributed by atoms with van der Waals surface area (Å²) in [7, 11) is 1.41. The second kappa shape index (κ2) is 6.92. The summed E-state index contributed by atoms with van der Waals surface area (Å²) >= 11 is 3.26. The molecule has 0 aliphatic rings. The number of rotatable bonds is 6. The smallest absolute Gasteiger partial charge is 0.428 e. The summed E-state index contributed by atoms with van der Waals surface area (Å²) in [5.74, 6) is -3.51. The molecular formula is C16H20BrF3O4. The van der Waals surface area contributed by atoms with Crippen molar-refractivity contribution in [3.63, 3.8) is 0 Å². The molecule has 1 rings (SSSR count). The number of carboxylic acid groups (broad SMARTS) is 1. The third kappa shape index (κ3) is 3.39. The number of hydrogen-bond donors (Lipinski definition) is 2. The van der Waals surface area contributed by atoms with Crippen molar-refractivity contribution >= 4 is 21.9 Å². The van der Waals surface area contributed by atoms with E-state index in [1.807, 2.05) is 0 Å². The van der Waals surface area contributed by atoms with Crippen molar-refractivity contribution in [2.75, 3.05) is 7.11 Å². The average molecular weight is 413 g/mol. The molecule has 0 aromatic heterocycles. The maximum Gasteiger partial charge on any atom is 0.428 e. The van der Waals surface area contributed by atoms with Crippen LogP contribution in [0.25, 0.3) is 0 Å². The number of hydrogen-bond acceptors (Lipinski definition) is 3. The molecule has 0 saturated carbocycles. The van der Waals surface area contributed by atoms with Gasteiger partial charge in [0.05, 0.1) is 11.6 Å². The Balaban J connectivity index is 3.53. The third-order valence-corrected chi connectivity index (χ3v) is 5.09. The van der Waals surface area contributed by atoms with E-state index in [4.69, 9.17) is 9.84 Å². The normalized spacial score (nSPS) is 16.4. The number of carbonyl (C=O) groups is 1. The summed E-state index contributed by atoms with van der Waals surface area (Å²) in [6, 6.07) is 4.72. The molecule has 0 aliphatic heterocycles. The summed E-state index contributed by atoms with van der Waals surface area (Å²) < 4.78 is 45.9. The van der Waals surface area contributed by atoms with Gasteiger partial charge in [0.2, 0.25) is 0 Å². The minimum absolute atomic E-state index is 0.187. The lowest BCUT2D eigenvalue weighted by Crippen LogP contribution is -2.61. The molecule has 2 unspecified atom stereocenters. The van der Waals surface area contributed by atoms with Crippen molar-refractivity contribution in [1.29, 1.82) is 0 Å². The fourth-order valence-electron chi connectivity index (χ4n) is 3.06. The van der Waals surface area contributed by atoms with Crippen molar-refractivity contribution in [1.82, 2.24) is 0 Å². The first-order valence-electron chi connectivity index (χ1n) is 7.20. The van der Waals surface area contributed by atoms with Gasteiger partial charge in [-0.3, -0.25) is 0 Å². The van der Waals surface area contributed by atoms with E-state index in [9.17, 15) is 23.1 Å². The Labute approximate surface area is 146 Å². The number of benzene rings is 1. The highest BCUT2D eigenvalue weighted by Crippen LogP contribution is 2.48. The number of aliphatic carboxylic acids is 1. The van der Waals surface area contributed by atoms with E-state index in [1.54, 1.807) is 12.1 Å². The van der Waals surface area contributed by atoms with Crippen LogP contribution in [0.3, 0.4) is 0 Å². The van der Waals surface area contributed by atoms with E-state index in [1.165, 1.54) is 33.9 Å². The minimum Gasteiger partial charge on any atom is -0.496 e. The quantitative estimate of drug-likeness (QED) is 0.736. The Hall–Kier alpha value is -1.28. The largest absolute Gasteiger partial charge is 0.496 e. The van der Waals surface area contributed by atoms with Crippen molar-refractivity contribution in [2.45, 2.75) is 44.4 Å². The zero-order chi connectivity index (χ0) is 18.9. The van der Waals surface area contributed by atoms with Crippen LogP contribution in [0.2, 0.25) is 0 Å². The van der Waals surface area contributed by atoms with Crippen molar-refractivity contribution in [2.24, 2.45) is 5.92 Å². The predicted octanol–water partition coefficient (Wildman–Crippen LogP) is 4.14. The van der Waals surface area contributed by atoms with Gasteiger partial charge in [0.25, 0.3) is 5.60 Å². The molecule has 0 aliphatic carbocycles. The van der Waals surface area contributed by atoms with Crippen molar-refractivity contribution < 1.29 is 32.9 Å². The summed E-state index contributed by atoms with van der Waals surface area (Å²) in [5.41, 5.74) is -4.71. The molecule has 0 radical (unpaired) electrons. The van der Waals surface area contributed by atoms with Crippen LogP contribution in [-0.2, 0) is 10.2 Å². The Kier molecular flexibility index (Phi) is 5.98. The van der Waals surface area contributed by atoms with Gasteiger partial charge in [-0.25, -0.2) is 4.79 Å². The molecule has 1 aromatic rings. The standard InChI is InChI=1S/C16H20BrF3O4/c1-5-12(15(23,13(21)22)16(18,19)20)14(2,3)9-6-7-10(17)11(8-9)24-4/h6-8,12,23H,5H2,1-4H3,(H,21,22). The average Bonchev–Trinajstić information content (AvgIpc) is 2.46. The van der Waals surface area contributed by atoms with Crippen LogP contribution < -0.4 is 4.74 Å². The van der Waals surface area contributed by atoms with Crippen LogP contribution in [0.1, 0.15) is 32.8 Å². The highest BCUT2D eigenvalue weighted by molar-refractivity contribution is 9.10. The molecule has 2 N–H and O–H groups in total. The van der Waals surface area contributed by atoms with Crippen LogP contribution in [-0.4, -0.2) is 35.1 Å². The lowest BCUT2D eigenvalue weighted by molar-refractivity contribution is -0.282. The number of halogens is 4. The van der Waals surface area contributed by atoms with Gasteiger partial charge in [0, 0.05) is 5.92 Å². The van der Waals surface area contributed by atoms with Gasteiger partial charge in [0.1, 0.15) is 5.75 Å². The highest BCUT2D eigenvalue weighted by Gasteiger charge is 2.66. The summed E-state index contributed by atoms with van der Waals surface area (Å²) in [6.07, 6.45) is -5.50. The van der Waals surface area contributed by atoms with Crippen LogP contribution >= 0.6 is 15.9 Å². The fraction of sp³-hybridized carbons (Fsp3) is 0.562. The van der Waals surface area contributed by atoms with E-state index in [-0.39, 0.29) is 6.42 Å². The van der Waals surface area contributed by atoms with E-state index in [2.05, 4.69) is 15.9 Å². The first-order chi connectivity index (χ1) is 10.8.